The van der Waals surface area contributed by atoms with Crippen LogP contribution in [0.4, 0.5) is 17.1 Å². The van der Waals surface area contributed by atoms with E-state index in [1.54, 1.807) is 36.4 Å². The van der Waals surface area contributed by atoms with E-state index in [4.69, 9.17) is 0 Å². The summed E-state index contributed by atoms with van der Waals surface area (Å²) in [6.07, 6.45) is 2.18. The van der Waals surface area contributed by atoms with Crippen molar-refractivity contribution in [2.24, 2.45) is 0 Å². The predicted octanol–water partition coefficient (Wildman–Crippen LogP) is 3.58. The number of nitro groups is 1. The van der Waals surface area contributed by atoms with Crippen LogP contribution in [0.3, 0.4) is 0 Å². The molecule has 0 bridgehead atoms. The minimum atomic E-state index is -0.464. The second-order valence-corrected chi connectivity index (χ2v) is 6.98. The summed E-state index contributed by atoms with van der Waals surface area (Å²) in [6.45, 7) is 3.62. The van der Waals surface area contributed by atoms with Gasteiger partial charge in [0.1, 0.15) is 5.69 Å². The number of benzene rings is 2. The van der Waals surface area contributed by atoms with Crippen LogP contribution in [-0.4, -0.2) is 41.3 Å². The fourth-order valence-corrected chi connectivity index (χ4v) is 3.40. The van der Waals surface area contributed by atoms with Gasteiger partial charge in [-0.25, -0.2) is 0 Å². The van der Waals surface area contributed by atoms with Crippen molar-refractivity contribution in [3.63, 3.8) is 0 Å². The first kappa shape index (κ1) is 20.3. The van der Waals surface area contributed by atoms with Gasteiger partial charge in [-0.05, 0) is 43.5 Å². The highest BCUT2D eigenvalue weighted by atomic mass is 16.6. The molecule has 1 aliphatic rings. The fourth-order valence-electron chi connectivity index (χ4n) is 3.40. The van der Waals surface area contributed by atoms with Gasteiger partial charge in [0, 0.05) is 43.4 Å². The van der Waals surface area contributed by atoms with Gasteiger partial charge in [0.15, 0.2) is 0 Å². The minimum absolute atomic E-state index is 0.00541. The molecule has 0 spiro atoms. The second-order valence-electron chi connectivity index (χ2n) is 6.98. The lowest BCUT2D eigenvalue weighted by Crippen LogP contribution is -2.28. The zero-order valence-electron chi connectivity index (χ0n) is 16.3. The quantitative estimate of drug-likeness (QED) is 0.550. The van der Waals surface area contributed by atoms with Gasteiger partial charge in [-0.2, -0.15) is 0 Å². The van der Waals surface area contributed by atoms with Crippen LogP contribution < -0.4 is 10.6 Å². The smallest absolute Gasteiger partial charge is 0.292 e. The molecular weight excluding hydrogens is 372 g/mol. The molecule has 0 saturated carbocycles. The summed E-state index contributed by atoms with van der Waals surface area (Å²) >= 11 is 0. The summed E-state index contributed by atoms with van der Waals surface area (Å²) in [6, 6.07) is 11.6. The Hall–Kier alpha value is -3.42. The lowest BCUT2D eigenvalue weighted by atomic mass is 10.1. The highest BCUT2D eigenvalue weighted by Crippen LogP contribution is 2.24. The number of anilines is 2. The average molecular weight is 396 g/mol. The number of nitrogens with one attached hydrogen (secondary N) is 2. The molecule has 29 heavy (non-hydrogen) atoms. The molecule has 0 atom stereocenters. The molecule has 1 heterocycles. The number of nitrogens with zero attached hydrogens (tertiary/aromatic N) is 2. The molecule has 2 amide bonds. The summed E-state index contributed by atoms with van der Waals surface area (Å²) in [4.78, 5) is 37.4. The third kappa shape index (κ3) is 4.90. The van der Waals surface area contributed by atoms with Gasteiger partial charge in [0.2, 0.25) is 5.91 Å². The van der Waals surface area contributed by atoms with Gasteiger partial charge in [-0.1, -0.05) is 18.2 Å². The van der Waals surface area contributed by atoms with E-state index in [0.717, 1.165) is 31.5 Å². The van der Waals surface area contributed by atoms with Crippen LogP contribution in [0.25, 0.3) is 0 Å². The number of nitro benzene ring substituents is 1. The molecule has 2 aromatic carbocycles. The summed E-state index contributed by atoms with van der Waals surface area (Å²) < 4.78 is 0. The molecule has 0 unspecified atom stereocenters. The van der Waals surface area contributed by atoms with Crippen molar-refractivity contribution < 1.29 is 14.5 Å². The van der Waals surface area contributed by atoms with E-state index >= 15 is 0 Å². The van der Waals surface area contributed by atoms with Crippen molar-refractivity contribution >= 4 is 28.9 Å². The highest BCUT2D eigenvalue weighted by Gasteiger charge is 2.22. The largest absolute Gasteiger partial charge is 0.379 e. The second kappa shape index (κ2) is 9.18. The molecule has 1 fully saturated rings. The van der Waals surface area contributed by atoms with Crippen LogP contribution in [-0.2, 0) is 4.79 Å². The highest BCUT2D eigenvalue weighted by molar-refractivity contribution is 5.99. The van der Waals surface area contributed by atoms with Crippen LogP contribution in [0.1, 0.15) is 35.2 Å². The lowest BCUT2D eigenvalue weighted by Gasteiger charge is -2.18. The molecule has 0 aromatic heterocycles. The van der Waals surface area contributed by atoms with Gasteiger partial charge >= 0.3 is 0 Å². The Morgan fingerprint density at radius 1 is 1.07 bits per heavy atom. The van der Waals surface area contributed by atoms with E-state index in [2.05, 4.69) is 10.6 Å². The van der Waals surface area contributed by atoms with Crippen molar-refractivity contribution in [1.29, 1.82) is 0 Å². The molecule has 152 valence electrons. The number of carbonyl (C=O) groups excluding carboxylic acids is 2. The van der Waals surface area contributed by atoms with Crippen LogP contribution in [0.15, 0.2) is 42.5 Å². The number of amides is 2. The Labute approximate surface area is 169 Å². The number of rotatable bonds is 7. The number of para-hydroxylation sites is 2. The van der Waals surface area contributed by atoms with E-state index in [-0.39, 0.29) is 30.5 Å². The van der Waals surface area contributed by atoms with Gasteiger partial charge in [0.05, 0.1) is 4.92 Å². The minimum Gasteiger partial charge on any atom is -0.379 e. The first-order valence-corrected chi connectivity index (χ1v) is 9.63. The SMILES string of the molecule is Cc1c(NC(=O)CCNc2ccccc2[N+](=O)[O-])cccc1C(=O)N1CCCC1. The molecule has 1 saturated heterocycles. The third-order valence-electron chi connectivity index (χ3n) is 5.00. The van der Waals surface area contributed by atoms with Crippen LogP contribution >= 0.6 is 0 Å². The van der Waals surface area contributed by atoms with E-state index in [9.17, 15) is 19.7 Å². The molecule has 0 aliphatic carbocycles. The summed E-state index contributed by atoms with van der Waals surface area (Å²) in [5, 5.41) is 16.8. The number of likely N-dealkylation sites (tertiary alicyclic amines) is 1. The summed E-state index contributed by atoms with van der Waals surface area (Å²) in [5.74, 6) is -0.237. The first-order valence-electron chi connectivity index (χ1n) is 9.63. The van der Waals surface area contributed by atoms with Crippen molar-refractivity contribution in [3.05, 3.63) is 63.7 Å². The number of hydrogen-bond acceptors (Lipinski definition) is 5. The molecule has 8 heteroatoms. The number of carbonyl (C=O) groups is 2. The third-order valence-corrected chi connectivity index (χ3v) is 5.00. The zero-order chi connectivity index (χ0) is 20.8. The monoisotopic (exact) mass is 396 g/mol. The Morgan fingerprint density at radius 2 is 1.76 bits per heavy atom. The van der Waals surface area contributed by atoms with E-state index in [0.29, 0.717) is 16.9 Å². The molecule has 2 aromatic rings. The van der Waals surface area contributed by atoms with E-state index < -0.39 is 4.92 Å². The Balaban J connectivity index is 1.59. The van der Waals surface area contributed by atoms with E-state index in [1.165, 1.54) is 6.07 Å². The normalized spacial score (nSPS) is 13.2. The summed E-state index contributed by atoms with van der Waals surface area (Å²) in [5.41, 5.74) is 2.29. The van der Waals surface area contributed by atoms with Crippen molar-refractivity contribution in [2.45, 2.75) is 26.2 Å². The first-order chi connectivity index (χ1) is 14.0. The standard InChI is InChI=1S/C21H24N4O4/c1-15-16(21(27)24-13-4-5-14-24)7-6-9-17(15)23-20(26)11-12-22-18-8-2-3-10-19(18)25(28)29/h2-3,6-10,22H,4-5,11-14H2,1H3,(H,23,26). The van der Waals surface area contributed by atoms with Crippen LogP contribution in [0.2, 0.25) is 0 Å². The Bertz CT molecular complexity index is 923. The molecule has 1 aliphatic heterocycles. The predicted molar refractivity (Wildman–Crippen MR) is 111 cm³/mol. The van der Waals surface area contributed by atoms with Crippen molar-refractivity contribution in [3.8, 4) is 0 Å². The molecule has 3 rings (SSSR count). The molecule has 2 N–H and O–H groups in total. The van der Waals surface area contributed by atoms with Crippen molar-refractivity contribution in [1.82, 2.24) is 4.90 Å². The maximum Gasteiger partial charge on any atom is 0.292 e. The topological polar surface area (TPSA) is 105 Å². The zero-order valence-corrected chi connectivity index (χ0v) is 16.3. The van der Waals surface area contributed by atoms with Crippen LogP contribution in [0.5, 0.6) is 0 Å². The Morgan fingerprint density at radius 3 is 2.48 bits per heavy atom. The van der Waals surface area contributed by atoms with Crippen molar-refractivity contribution in [2.75, 3.05) is 30.3 Å². The average Bonchev–Trinajstić information content (AvgIpc) is 3.24. The van der Waals surface area contributed by atoms with Crippen LogP contribution in [0, 0.1) is 17.0 Å². The maximum atomic E-state index is 12.7. The van der Waals surface area contributed by atoms with E-state index in [1.807, 2.05) is 11.8 Å². The van der Waals surface area contributed by atoms with Gasteiger partial charge in [-0.15, -0.1) is 0 Å². The van der Waals surface area contributed by atoms with Gasteiger partial charge in [-0.3, -0.25) is 19.7 Å². The Kier molecular flexibility index (Phi) is 6.43. The summed E-state index contributed by atoms with van der Waals surface area (Å²) in [7, 11) is 0. The van der Waals surface area contributed by atoms with Gasteiger partial charge < -0.3 is 15.5 Å². The fraction of sp³-hybridized carbons (Fsp3) is 0.333. The lowest BCUT2D eigenvalue weighted by molar-refractivity contribution is -0.384. The maximum absolute atomic E-state index is 12.7. The van der Waals surface area contributed by atoms with Gasteiger partial charge in [0.25, 0.3) is 11.6 Å². The molecule has 8 nitrogen and oxygen atoms in total. The molecular formula is C21H24N4O4. The molecule has 0 radical (unpaired) electrons. The number of hydrogen-bond donors (Lipinski definition) is 2.